The third-order valence-electron chi connectivity index (χ3n) is 4.72. The van der Waals surface area contributed by atoms with E-state index in [0.29, 0.717) is 5.56 Å². The zero-order valence-electron chi connectivity index (χ0n) is 15.3. The number of benzene rings is 2. The van der Waals surface area contributed by atoms with Gasteiger partial charge in [0, 0.05) is 12.4 Å². The number of aromatic nitrogens is 1. The van der Waals surface area contributed by atoms with Crippen LogP contribution >= 0.6 is 0 Å². The standard InChI is InChI=1S/C21H14N2O6S/c24-19-17-8-7-16(30(28,29)15-5-3-14(4-6-15)21(26)27)10-18(17)20(25)23(19)12-13-2-1-9-22-11-13/h1-11H,12H2,(H,26,27)/p-1. The quantitative estimate of drug-likeness (QED) is 0.564. The minimum Gasteiger partial charge on any atom is -0.545 e. The van der Waals surface area contributed by atoms with Gasteiger partial charge in [-0.1, -0.05) is 18.2 Å². The third kappa shape index (κ3) is 3.25. The van der Waals surface area contributed by atoms with Crippen molar-refractivity contribution < 1.29 is 27.9 Å². The second-order valence-corrected chi connectivity index (χ2v) is 8.53. The van der Waals surface area contributed by atoms with Crippen molar-refractivity contribution in [3.05, 3.63) is 89.2 Å². The molecule has 0 N–H and O–H groups in total. The summed E-state index contributed by atoms with van der Waals surface area (Å²) in [5.74, 6) is -2.53. The van der Waals surface area contributed by atoms with Crippen LogP contribution in [0.5, 0.6) is 0 Å². The maximum absolute atomic E-state index is 12.9. The number of fused-ring (bicyclic) bond motifs is 1. The summed E-state index contributed by atoms with van der Waals surface area (Å²) in [6.45, 7) is 0.0208. The summed E-state index contributed by atoms with van der Waals surface area (Å²) in [5, 5.41) is 10.8. The molecule has 3 aromatic rings. The first kappa shape index (κ1) is 19.5. The van der Waals surface area contributed by atoms with Gasteiger partial charge in [-0.15, -0.1) is 0 Å². The summed E-state index contributed by atoms with van der Waals surface area (Å²) in [6, 6.07) is 11.7. The predicted molar refractivity (Wildman–Crippen MR) is 101 cm³/mol. The lowest BCUT2D eigenvalue weighted by Gasteiger charge is -2.13. The van der Waals surface area contributed by atoms with Crippen molar-refractivity contribution in [2.75, 3.05) is 0 Å². The molecule has 30 heavy (non-hydrogen) atoms. The predicted octanol–water partition coefficient (Wildman–Crippen LogP) is 1.07. The maximum Gasteiger partial charge on any atom is 0.261 e. The number of hydrogen-bond acceptors (Lipinski definition) is 7. The minimum atomic E-state index is -4.03. The molecule has 0 saturated carbocycles. The van der Waals surface area contributed by atoms with Crippen LogP contribution in [0.1, 0.15) is 36.6 Å². The minimum absolute atomic E-state index is 0.00341. The summed E-state index contributed by atoms with van der Waals surface area (Å²) in [4.78, 5) is 40.9. The fourth-order valence-corrected chi connectivity index (χ4v) is 4.45. The average Bonchev–Trinajstić information content (AvgIpc) is 2.99. The topological polar surface area (TPSA) is 125 Å². The van der Waals surface area contributed by atoms with Gasteiger partial charge in [0.05, 0.1) is 33.4 Å². The molecule has 0 aliphatic carbocycles. The second kappa shape index (κ2) is 7.20. The van der Waals surface area contributed by atoms with Crippen molar-refractivity contribution in [1.29, 1.82) is 0 Å². The first-order valence-electron chi connectivity index (χ1n) is 8.74. The Kier molecular flexibility index (Phi) is 4.67. The number of rotatable bonds is 5. The molecule has 150 valence electrons. The van der Waals surface area contributed by atoms with E-state index in [1.807, 2.05) is 0 Å². The first-order valence-corrected chi connectivity index (χ1v) is 10.2. The van der Waals surface area contributed by atoms with Gasteiger partial charge in [0.15, 0.2) is 0 Å². The van der Waals surface area contributed by atoms with Gasteiger partial charge in [-0.25, -0.2) is 8.42 Å². The third-order valence-corrected chi connectivity index (χ3v) is 6.48. The fraction of sp³-hybridized carbons (Fsp3) is 0.0476. The number of carboxylic acids is 1. The van der Waals surface area contributed by atoms with Gasteiger partial charge in [0.2, 0.25) is 9.84 Å². The molecule has 0 saturated heterocycles. The lowest BCUT2D eigenvalue weighted by molar-refractivity contribution is -0.255. The van der Waals surface area contributed by atoms with Crippen molar-refractivity contribution in [3.8, 4) is 0 Å². The lowest BCUT2D eigenvalue weighted by atomic mass is 10.1. The molecule has 8 nitrogen and oxygen atoms in total. The van der Waals surface area contributed by atoms with Crippen molar-refractivity contribution >= 4 is 27.6 Å². The number of pyridine rings is 1. The monoisotopic (exact) mass is 421 g/mol. The first-order chi connectivity index (χ1) is 14.3. The molecule has 1 aliphatic rings. The number of nitrogens with zero attached hydrogens (tertiary/aromatic N) is 2. The summed E-state index contributed by atoms with van der Waals surface area (Å²) in [7, 11) is -4.03. The van der Waals surface area contributed by atoms with Crippen LogP contribution in [-0.2, 0) is 16.4 Å². The molecule has 1 aliphatic heterocycles. The molecule has 0 unspecified atom stereocenters. The number of imide groups is 1. The van der Waals surface area contributed by atoms with Crippen molar-refractivity contribution in [2.24, 2.45) is 0 Å². The molecule has 0 atom stereocenters. The van der Waals surface area contributed by atoms with Crippen LogP contribution in [0, 0.1) is 0 Å². The number of aromatic carboxylic acids is 1. The van der Waals surface area contributed by atoms with Gasteiger partial charge in [0.25, 0.3) is 11.8 Å². The summed E-state index contributed by atoms with van der Waals surface area (Å²) in [6.07, 6.45) is 3.11. The van der Waals surface area contributed by atoms with E-state index in [-0.39, 0.29) is 33.0 Å². The maximum atomic E-state index is 12.9. The molecule has 0 radical (unpaired) electrons. The van der Waals surface area contributed by atoms with Crippen LogP contribution in [-0.4, -0.2) is 36.1 Å². The zero-order chi connectivity index (χ0) is 21.5. The Bertz CT molecular complexity index is 1280. The van der Waals surface area contributed by atoms with Crippen LogP contribution in [0.4, 0.5) is 0 Å². The van der Waals surface area contributed by atoms with E-state index in [0.717, 1.165) is 29.2 Å². The summed E-state index contributed by atoms with van der Waals surface area (Å²) >= 11 is 0. The van der Waals surface area contributed by atoms with Crippen LogP contribution in [0.15, 0.2) is 76.8 Å². The van der Waals surface area contributed by atoms with Gasteiger partial charge in [-0.05, 0) is 47.5 Å². The highest BCUT2D eigenvalue weighted by Crippen LogP contribution is 2.29. The molecule has 1 aromatic heterocycles. The molecule has 2 aromatic carbocycles. The molecule has 0 spiro atoms. The SMILES string of the molecule is O=C([O-])c1ccc(S(=O)(=O)c2ccc3c(c2)C(=O)N(Cc2cccnc2)C3=O)cc1. The Hall–Kier alpha value is -3.85. The Morgan fingerprint density at radius 1 is 0.933 bits per heavy atom. The van der Waals surface area contributed by atoms with Crippen molar-refractivity contribution in [1.82, 2.24) is 9.88 Å². The van der Waals surface area contributed by atoms with Crippen molar-refractivity contribution in [3.63, 3.8) is 0 Å². The van der Waals surface area contributed by atoms with E-state index in [2.05, 4.69) is 4.98 Å². The van der Waals surface area contributed by atoms with Gasteiger partial charge in [-0.2, -0.15) is 0 Å². The number of carbonyl (C=O) groups is 3. The molecule has 0 fully saturated rings. The largest absolute Gasteiger partial charge is 0.545 e. The summed E-state index contributed by atoms with van der Waals surface area (Å²) in [5.41, 5.74) is 0.619. The average molecular weight is 421 g/mol. The number of hydrogen-bond donors (Lipinski definition) is 0. The van der Waals surface area contributed by atoms with E-state index in [9.17, 15) is 27.9 Å². The van der Waals surface area contributed by atoms with Crippen LogP contribution in [0.25, 0.3) is 0 Å². The highest BCUT2D eigenvalue weighted by atomic mass is 32.2. The Morgan fingerprint density at radius 3 is 2.23 bits per heavy atom. The number of sulfone groups is 1. The van der Waals surface area contributed by atoms with Crippen LogP contribution in [0.2, 0.25) is 0 Å². The van der Waals surface area contributed by atoms with Gasteiger partial charge in [-0.3, -0.25) is 19.5 Å². The molecule has 9 heteroatoms. The van der Waals surface area contributed by atoms with E-state index >= 15 is 0 Å². The number of carboxylic acid groups (broad SMARTS) is 1. The smallest absolute Gasteiger partial charge is 0.261 e. The van der Waals surface area contributed by atoms with Crippen LogP contribution in [0.3, 0.4) is 0 Å². The van der Waals surface area contributed by atoms with E-state index in [4.69, 9.17) is 0 Å². The molecular weight excluding hydrogens is 408 g/mol. The molecule has 2 heterocycles. The fourth-order valence-electron chi connectivity index (χ4n) is 3.16. The number of amides is 2. The lowest BCUT2D eigenvalue weighted by Crippen LogP contribution is -2.29. The van der Waals surface area contributed by atoms with E-state index in [1.54, 1.807) is 18.3 Å². The molecule has 2 amide bonds. The Balaban J connectivity index is 1.68. The highest BCUT2D eigenvalue weighted by molar-refractivity contribution is 7.91. The van der Waals surface area contributed by atoms with Gasteiger partial charge < -0.3 is 9.90 Å². The molecule has 4 rings (SSSR count). The Morgan fingerprint density at radius 2 is 1.60 bits per heavy atom. The second-order valence-electron chi connectivity index (χ2n) is 6.58. The summed E-state index contributed by atoms with van der Waals surface area (Å²) < 4.78 is 25.8. The van der Waals surface area contributed by atoms with Gasteiger partial charge >= 0.3 is 0 Å². The molecule has 0 bridgehead atoms. The van der Waals surface area contributed by atoms with Gasteiger partial charge in [0.1, 0.15) is 0 Å². The normalized spacial score (nSPS) is 13.4. The Labute approximate surface area is 171 Å². The highest BCUT2D eigenvalue weighted by Gasteiger charge is 2.36. The zero-order valence-corrected chi connectivity index (χ0v) is 16.1. The number of carbonyl (C=O) groups excluding carboxylic acids is 3. The van der Waals surface area contributed by atoms with Crippen LogP contribution < -0.4 is 5.11 Å². The van der Waals surface area contributed by atoms with E-state index < -0.39 is 27.6 Å². The molecular formula is C21H13N2O6S-. The van der Waals surface area contributed by atoms with E-state index in [1.165, 1.54) is 24.4 Å². The van der Waals surface area contributed by atoms with Crippen molar-refractivity contribution in [2.45, 2.75) is 16.3 Å².